The molecule has 610 valence electrons. The second-order valence-corrected chi connectivity index (χ2v) is 33.3. The molecule has 0 saturated carbocycles. The van der Waals surface area contributed by atoms with E-state index in [0.29, 0.717) is 13.2 Å². The number of ether oxygens (including phenoxy) is 2. The number of hydrogen-bond donors (Lipinski definition) is 0. The van der Waals surface area contributed by atoms with E-state index in [2.05, 4.69) is 261 Å². The van der Waals surface area contributed by atoms with E-state index in [1.807, 2.05) is 13.8 Å². The molecule has 0 aromatic heterocycles. The molecule has 0 atom stereocenters. The van der Waals surface area contributed by atoms with Crippen LogP contribution in [0.4, 0.5) is 0 Å². The Hall–Kier alpha value is -6.52. The third-order valence-corrected chi connectivity index (χ3v) is 20.5. The Morgan fingerprint density at radius 1 is 0.165 bits per heavy atom. The van der Waals surface area contributed by atoms with E-state index in [-0.39, 0.29) is 11.9 Å². The molecule has 0 rings (SSSR count). The third-order valence-electron chi connectivity index (χ3n) is 20.5. The fourth-order valence-electron chi connectivity index (χ4n) is 12.7. The molecule has 0 amide bonds. The number of rotatable bonds is 60. The smallest absolute Gasteiger partial charge is 0.331 e. The Morgan fingerprint density at radius 3 is 0.477 bits per heavy atom. The molecule has 0 aromatic rings. The topological polar surface area (TPSA) is 52.6 Å². The largest absolute Gasteiger partial charge is 0.458 e. The molecule has 4 nitrogen and oxygen atoms in total. The summed E-state index contributed by atoms with van der Waals surface area (Å²) in [6.45, 7) is 51.6. The SMILES string of the molecule is CC(C)=CCC/C(C)=C/CC/C(C)=C/CC/C(C)=C\CC/C(C)=C\CC/C(C)=C\CC/C(C)=C\C(=O)OC/C=C(/C)CC/C=C(/C)CC/C=C(/C)CC/C=C(/C)CC/C=C(\C)CC/C=C(\C)CC/C=C(\C)COC(=O)/C=C(/C)CC/C=C(/C)CC/C=C(/C)CC/C=C(/C)CC/C=C(\C)CC/C=C(\C)CCC=C(C)C. The highest BCUT2D eigenvalue weighted by Gasteiger charge is 2.06. The maximum absolute atomic E-state index is 12.6. The first-order chi connectivity index (χ1) is 51.9. The molecule has 0 N–H and O–H groups in total. The van der Waals surface area contributed by atoms with Crippen molar-refractivity contribution >= 4 is 11.9 Å². The highest BCUT2D eigenvalue weighted by Crippen LogP contribution is 2.23. The van der Waals surface area contributed by atoms with Crippen molar-refractivity contribution < 1.29 is 19.1 Å². The van der Waals surface area contributed by atoms with E-state index >= 15 is 0 Å². The molecule has 109 heavy (non-hydrogen) atoms. The van der Waals surface area contributed by atoms with Crippen molar-refractivity contribution in [2.24, 2.45) is 0 Å². The minimum Gasteiger partial charge on any atom is -0.458 e. The van der Waals surface area contributed by atoms with Gasteiger partial charge in [0.05, 0.1) is 0 Å². The van der Waals surface area contributed by atoms with E-state index in [1.165, 1.54) is 113 Å². The molecule has 0 aromatic carbocycles. The van der Waals surface area contributed by atoms with Gasteiger partial charge in [0.25, 0.3) is 0 Å². The molecule has 0 radical (unpaired) electrons. The Labute approximate surface area is 675 Å². The number of allylic oxidation sites excluding steroid dienone is 38. The van der Waals surface area contributed by atoms with Crippen molar-refractivity contribution in [3.63, 3.8) is 0 Å². The summed E-state index contributed by atoms with van der Waals surface area (Å²) in [5, 5.41) is 0. The molecule has 0 bridgehead atoms. The van der Waals surface area contributed by atoms with Gasteiger partial charge < -0.3 is 9.47 Å². The second kappa shape index (κ2) is 67.2. The summed E-state index contributed by atoms with van der Waals surface area (Å²) >= 11 is 0. The Kier molecular flexibility index (Phi) is 63.2. The minimum absolute atomic E-state index is 0.250. The van der Waals surface area contributed by atoms with E-state index in [0.717, 1.165) is 235 Å². The van der Waals surface area contributed by atoms with Gasteiger partial charge in [-0.15, -0.1) is 0 Å². The number of carbonyl (C=O) groups is 2. The molecular formula is C105H166O4. The molecule has 0 aliphatic carbocycles. The quantitative estimate of drug-likeness (QED) is 0.0346. The third kappa shape index (κ3) is 69.2. The van der Waals surface area contributed by atoms with E-state index in [9.17, 15) is 9.59 Å². The lowest BCUT2D eigenvalue weighted by Gasteiger charge is -2.05. The maximum Gasteiger partial charge on any atom is 0.331 e. The van der Waals surface area contributed by atoms with Crippen LogP contribution in [0.5, 0.6) is 0 Å². The maximum atomic E-state index is 12.6. The van der Waals surface area contributed by atoms with Gasteiger partial charge >= 0.3 is 11.9 Å². The van der Waals surface area contributed by atoms with Crippen molar-refractivity contribution in [3.8, 4) is 0 Å². The lowest BCUT2D eigenvalue weighted by atomic mass is 10.0. The zero-order valence-corrected chi connectivity index (χ0v) is 75.1. The van der Waals surface area contributed by atoms with Crippen molar-refractivity contribution in [3.05, 3.63) is 245 Å². The van der Waals surface area contributed by atoms with Crippen LogP contribution in [-0.2, 0) is 19.1 Å². The van der Waals surface area contributed by atoms with Crippen LogP contribution in [0.2, 0.25) is 0 Å². The first kappa shape index (κ1) is 102. The monoisotopic (exact) mass is 1490 g/mol. The van der Waals surface area contributed by atoms with Crippen LogP contribution in [0.15, 0.2) is 245 Å². The molecule has 0 aliphatic rings. The normalized spacial score (nSPS) is 14.9. The fraction of sp³-hybridized carbons (Fsp3) is 0.581. The lowest BCUT2D eigenvalue weighted by Crippen LogP contribution is -2.04. The van der Waals surface area contributed by atoms with E-state index in [4.69, 9.17) is 9.47 Å². The van der Waals surface area contributed by atoms with Crippen molar-refractivity contribution in [1.82, 2.24) is 0 Å². The number of hydrogen-bond acceptors (Lipinski definition) is 4. The highest BCUT2D eigenvalue weighted by atomic mass is 16.5. The van der Waals surface area contributed by atoms with E-state index < -0.39 is 0 Å². The van der Waals surface area contributed by atoms with Crippen molar-refractivity contribution in [2.75, 3.05) is 13.2 Å². The molecule has 0 aliphatic heterocycles. The molecule has 4 heteroatoms. The van der Waals surface area contributed by atoms with Gasteiger partial charge in [0.1, 0.15) is 13.2 Å². The standard InChI is InChI=1S/C105H166O4/c1-83(2)42-24-44-85(5)46-26-48-87(7)50-28-52-89(9)55-31-59-93(13)63-35-67-97(17)71-39-75-101(21)80-104(106)108-79-78-100(20)74-38-70-96(16)66-34-62-92(12)58-30-54-91(11)57-33-61-95(15)65-37-69-99(19)73-41-77-103(23)82-109-105(107)81-102(22)76-40-72-98(18)68-36-64-94(14)60-32-56-90(10)53-29-51-88(8)49-27-47-86(6)45-25-43-84(3)4/h42-43,46-47,50-51,54-56,61-64,69-72,77-78,80-81H,24-41,44-45,48-49,52-53,57-60,65-68,73-76,79,82H2,1-23H3/b85-46+,86-47+,87-50+,88-51+,89-55-,90-56-,91-54-,92-62-,93-63-,94-64-,95-61+,96-70-,97-71-,98-72-,99-69+,100-78-,101-80-,102-81-,103-77+. The van der Waals surface area contributed by atoms with Gasteiger partial charge in [-0.25, -0.2) is 9.59 Å². The van der Waals surface area contributed by atoms with Gasteiger partial charge in [0.15, 0.2) is 0 Å². The first-order valence-corrected chi connectivity index (χ1v) is 43.0. The van der Waals surface area contributed by atoms with Crippen LogP contribution in [0, 0.1) is 0 Å². The van der Waals surface area contributed by atoms with Crippen LogP contribution in [0.1, 0.15) is 390 Å². The Morgan fingerprint density at radius 2 is 0.303 bits per heavy atom. The predicted molar refractivity (Wildman–Crippen MR) is 488 cm³/mol. The summed E-state index contributed by atoms with van der Waals surface area (Å²) in [5.74, 6) is -0.503. The average Bonchev–Trinajstić information content (AvgIpc) is 1.12. The lowest BCUT2D eigenvalue weighted by molar-refractivity contribution is -0.137. The summed E-state index contributed by atoms with van der Waals surface area (Å²) in [6.07, 6.45) is 87.4. The van der Waals surface area contributed by atoms with Gasteiger partial charge in [0, 0.05) is 12.2 Å². The van der Waals surface area contributed by atoms with E-state index in [1.54, 1.807) is 12.2 Å². The highest BCUT2D eigenvalue weighted by molar-refractivity contribution is 5.83. The van der Waals surface area contributed by atoms with Crippen LogP contribution in [-0.4, -0.2) is 25.2 Å². The Bertz CT molecular complexity index is 3310. The number of carbonyl (C=O) groups excluding carboxylic acids is 2. The van der Waals surface area contributed by atoms with Gasteiger partial charge in [-0.2, -0.15) is 0 Å². The van der Waals surface area contributed by atoms with Crippen LogP contribution in [0.25, 0.3) is 0 Å². The fourth-order valence-corrected chi connectivity index (χ4v) is 12.7. The molecule has 0 heterocycles. The Balaban J connectivity index is 4.42. The molecule has 0 unspecified atom stereocenters. The molecule has 0 fully saturated rings. The van der Waals surface area contributed by atoms with Gasteiger partial charge in [-0.3, -0.25) is 0 Å². The second-order valence-electron chi connectivity index (χ2n) is 33.3. The van der Waals surface area contributed by atoms with Crippen molar-refractivity contribution in [1.29, 1.82) is 0 Å². The van der Waals surface area contributed by atoms with Crippen molar-refractivity contribution in [2.45, 2.75) is 390 Å². The number of esters is 2. The van der Waals surface area contributed by atoms with Crippen LogP contribution >= 0.6 is 0 Å². The summed E-state index contributed by atoms with van der Waals surface area (Å²) in [5.41, 5.74) is 29.4. The molecular weight excluding hydrogens is 1330 g/mol. The first-order valence-electron chi connectivity index (χ1n) is 43.0. The molecule has 0 saturated heterocycles. The minimum atomic E-state index is -0.253. The van der Waals surface area contributed by atoms with Crippen LogP contribution in [0.3, 0.4) is 0 Å². The van der Waals surface area contributed by atoms with Gasteiger partial charge in [-0.1, -0.05) is 221 Å². The average molecular weight is 1490 g/mol. The summed E-state index contributed by atoms with van der Waals surface area (Å²) in [4.78, 5) is 25.2. The van der Waals surface area contributed by atoms with Gasteiger partial charge in [-0.05, 0) is 402 Å². The molecule has 0 spiro atoms. The predicted octanol–water partition coefficient (Wildman–Crippen LogP) is 34.0. The summed E-state index contributed by atoms with van der Waals surface area (Å²) in [6, 6.07) is 0. The van der Waals surface area contributed by atoms with Gasteiger partial charge in [0.2, 0.25) is 0 Å². The summed E-state index contributed by atoms with van der Waals surface area (Å²) < 4.78 is 11.2. The van der Waals surface area contributed by atoms with Crippen LogP contribution < -0.4 is 0 Å². The summed E-state index contributed by atoms with van der Waals surface area (Å²) in [7, 11) is 0. The zero-order valence-electron chi connectivity index (χ0n) is 75.1. The zero-order chi connectivity index (χ0) is 81.4.